The lowest BCUT2D eigenvalue weighted by Crippen LogP contribution is -2.46. The summed E-state index contributed by atoms with van der Waals surface area (Å²) in [7, 11) is 0. The molecule has 0 saturated carbocycles. The van der Waals surface area contributed by atoms with Crippen molar-refractivity contribution < 1.29 is 5.11 Å². The van der Waals surface area contributed by atoms with Crippen LogP contribution in [0.5, 0.6) is 0 Å². The van der Waals surface area contributed by atoms with Gasteiger partial charge < -0.3 is 10.8 Å². The van der Waals surface area contributed by atoms with Crippen molar-refractivity contribution in [3.8, 4) is 0 Å². The molecule has 0 bridgehead atoms. The quantitative estimate of drug-likeness (QED) is 0.741. The van der Waals surface area contributed by atoms with Crippen molar-refractivity contribution in [1.29, 1.82) is 0 Å². The van der Waals surface area contributed by atoms with Crippen molar-refractivity contribution in [1.82, 2.24) is 9.80 Å². The molecule has 94 valence electrons. The molecule has 1 aliphatic heterocycles. The lowest BCUT2D eigenvalue weighted by Gasteiger charge is -2.34. The summed E-state index contributed by atoms with van der Waals surface area (Å²) in [5.74, 6) is 0. The zero-order chi connectivity index (χ0) is 12.1. The summed E-state index contributed by atoms with van der Waals surface area (Å²) in [6.45, 7) is 6.24. The molecule has 1 heterocycles. The Morgan fingerprint density at radius 2 is 1.82 bits per heavy atom. The van der Waals surface area contributed by atoms with E-state index in [4.69, 9.17) is 10.8 Å². The van der Waals surface area contributed by atoms with Gasteiger partial charge in [0.05, 0.1) is 6.61 Å². The maximum absolute atomic E-state index is 8.88. The summed E-state index contributed by atoms with van der Waals surface area (Å²) >= 11 is 0. The second kappa shape index (κ2) is 6.00. The van der Waals surface area contributed by atoms with E-state index < -0.39 is 0 Å². The summed E-state index contributed by atoms with van der Waals surface area (Å²) in [6, 6.07) is 8.09. The van der Waals surface area contributed by atoms with Gasteiger partial charge in [-0.15, -0.1) is 0 Å². The van der Waals surface area contributed by atoms with Crippen molar-refractivity contribution in [2.75, 3.05) is 45.1 Å². The largest absolute Gasteiger partial charge is 0.399 e. The zero-order valence-corrected chi connectivity index (χ0v) is 10.2. The summed E-state index contributed by atoms with van der Waals surface area (Å²) < 4.78 is 0. The summed E-state index contributed by atoms with van der Waals surface area (Å²) in [6.07, 6.45) is 0. The third-order valence-electron chi connectivity index (χ3n) is 3.24. The number of β-amino-alcohol motifs (C(OH)–C–C–N with tert-alkyl or cyclic N) is 1. The third kappa shape index (κ3) is 3.70. The molecule has 0 unspecified atom stereocenters. The number of nitrogens with two attached hydrogens (primary N) is 1. The second-order valence-electron chi connectivity index (χ2n) is 4.59. The van der Waals surface area contributed by atoms with Gasteiger partial charge in [0.2, 0.25) is 0 Å². The van der Waals surface area contributed by atoms with Crippen LogP contribution in [-0.4, -0.2) is 54.2 Å². The number of hydrogen-bond donors (Lipinski definition) is 2. The fourth-order valence-corrected chi connectivity index (χ4v) is 2.26. The molecule has 3 N–H and O–H groups in total. The maximum Gasteiger partial charge on any atom is 0.0558 e. The van der Waals surface area contributed by atoms with Gasteiger partial charge >= 0.3 is 0 Å². The minimum Gasteiger partial charge on any atom is -0.399 e. The van der Waals surface area contributed by atoms with Crippen LogP contribution in [0.3, 0.4) is 0 Å². The Labute approximate surface area is 103 Å². The number of nitrogen functional groups attached to an aromatic ring is 1. The molecule has 4 heteroatoms. The van der Waals surface area contributed by atoms with Gasteiger partial charge in [-0.25, -0.2) is 0 Å². The molecule has 1 fully saturated rings. The molecule has 0 aliphatic carbocycles. The topological polar surface area (TPSA) is 52.7 Å². The highest BCUT2D eigenvalue weighted by Gasteiger charge is 2.16. The number of anilines is 1. The minimum atomic E-state index is 0.259. The zero-order valence-electron chi connectivity index (χ0n) is 10.2. The number of nitrogens with zero attached hydrogens (tertiary/aromatic N) is 2. The molecular weight excluding hydrogens is 214 g/mol. The second-order valence-corrected chi connectivity index (χ2v) is 4.59. The molecule has 0 radical (unpaired) electrons. The molecule has 0 spiro atoms. The van der Waals surface area contributed by atoms with Crippen LogP contribution in [0.2, 0.25) is 0 Å². The predicted molar refractivity (Wildman–Crippen MR) is 69.7 cm³/mol. The molecular formula is C13H21N3O. The average molecular weight is 235 g/mol. The van der Waals surface area contributed by atoms with Crippen LogP contribution in [0, 0.1) is 0 Å². The van der Waals surface area contributed by atoms with Gasteiger partial charge in [0.15, 0.2) is 0 Å². The molecule has 1 saturated heterocycles. The van der Waals surface area contributed by atoms with Gasteiger partial charge in [0.1, 0.15) is 0 Å². The lowest BCUT2D eigenvalue weighted by atomic mass is 10.2. The Morgan fingerprint density at radius 3 is 2.47 bits per heavy atom. The van der Waals surface area contributed by atoms with Crippen molar-refractivity contribution in [2.45, 2.75) is 6.54 Å². The van der Waals surface area contributed by atoms with Crippen molar-refractivity contribution >= 4 is 5.69 Å². The van der Waals surface area contributed by atoms with E-state index in [2.05, 4.69) is 15.9 Å². The SMILES string of the molecule is Nc1cccc(CN2CCN(CCO)CC2)c1. The molecule has 0 aromatic heterocycles. The van der Waals surface area contributed by atoms with E-state index in [0.29, 0.717) is 0 Å². The van der Waals surface area contributed by atoms with E-state index in [1.165, 1.54) is 5.56 Å². The Kier molecular flexibility index (Phi) is 4.36. The highest BCUT2D eigenvalue weighted by molar-refractivity contribution is 5.40. The highest BCUT2D eigenvalue weighted by atomic mass is 16.3. The summed E-state index contributed by atoms with van der Waals surface area (Å²) in [5.41, 5.74) is 7.88. The first kappa shape index (κ1) is 12.4. The van der Waals surface area contributed by atoms with E-state index >= 15 is 0 Å². The first-order chi connectivity index (χ1) is 8.28. The number of benzene rings is 1. The van der Waals surface area contributed by atoms with Crippen molar-refractivity contribution in [3.05, 3.63) is 29.8 Å². The molecule has 4 nitrogen and oxygen atoms in total. The van der Waals surface area contributed by atoms with E-state index in [0.717, 1.165) is 45.0 Å². The number of aliphatic hydroxyl groups is 1. The van der Waals surface area contributed by atoms with Crippen LogP contribution in [0.25, 0.3) is 0 Å². The van der Waals surface area contributed by atoms with Gasteiger partial charge in [-0.3, -0.25) is 9.80 Å². The first-order valence-corrected chi connectivity index (χ1v) is 6.18. The molecule has 1 aliphatic rings. The Morgan fingerprint density at radius 1 is 1.12 bits per heavy atom. The van der Waals surface area contributed by atoms with E-state index in [1.54, 1.807) is 0 Å². The smallest absolute Gasteiger partial charge is 0.0558 e. The van der Waals surface area contributed by atoms with E-state index in [1.807, 2.05) is 18.2 Å². The average Bonchev–Trinajstić information content (AvgIpc) is 2.32. The molecule has 2 rings (SSSR count). The standard InChI is InChI=1S/C13H21N3O/c14-13-3-1-2-12(10-13)11-16-6-4-15(5-7-16)8-9-17/h1-3,10,17H,4-9,11,14H2. The molecule has 1 aromatic rings. The van der Waals surface area contributed by atoms with Crippen molar-refractivity contribution in [3.63, 3.8) is 0 Å². The van der Waals surface area contributed by atoms with Gasteiger partial charge in [-0.1, -0.05) is 12.1 Å². The minimum absolute atomic E-state index is 0.259. The molecule has 0 atom stereocenters. The normalized spacial score (nSPS) is 18.4. The van der Waals surface area contributed by atoms with Gasteiger partial charge in [0.25, 0.3) is 0 Å². The van der Waals surface area contributed by atoms with Crippen LogP contribution in [0.1, 0.15) is 5.56 Å². The summed E-state index contributed by atoms with van der Waals surface area (Å²) in [4.78, 5) is 4.73. The van der Waals surface area contributed by atoms with Crippen LogP contribution in [0.15, 0.2) is 24.3 Å². The van der Waals surface area contributed by atoms with Crippen LogP contribution >= 0.6 is 0 Å². The van der Waals surface area contributed by atoms with E-state index in [-0.39, 0.29) is 6.61 Å². The Bertz CT molecular complexity index is 348. The van der Waals surface area contributed by atoms with Crippen molar-refractivity contribution in [2.24, 2.45) is 0 Å². The van der Waals surface area contributed by atoms with Crippen LogP contribution in [0.4, 0.5) is 5.69 Å². The molecule has 17 heavy (non-hydrogen) atoms. The lowest BCUT2D eigenvalue weighted by molar-refractivity contribution is 0.108. The van der Waals surface area contributed by atoms with Crippen LogP contribution < -0.4 is 5.73 Å². The maximum atomic E-state index is 8.88. The number of hydrogen-bond acceptors (Lipinski definition) is 4. The van der Waals surface area contributed by atoms with Crippen LogP contribution in [-0.2, 0) is 6.54 Å². The van der Waals surface area contributed by atoms with E-state index in [9.17, 15) is 0 Å². The fourth-order valence-electron chi connectivity index (χ4n) is 2.26. The number of rotatable bonds is 4. The third-order valence-corrected chi connectivity index (χ3v) is 3.24. The summed E-state index contributed by atoms with van der Waals surface area (Å²) in [5, 5.41) is 8.88. The Hall–Kier alpha value is -1.10. The predicted octanol–water partition coefficient (Wildman–Crippen LogP) is 0.379. The monoisotopic (exact) mass is 235 g/mol. The van der Waals surface area contributed by atoms with Gasteiger partial charge in [0, 0.05) is 45.0 Å². The van der Waals surface area contributed by atoms with Gasteiger partial charge in [-0.05, 0) is 17.7 Å². The number of piperazine rings is 1. The molecule has 1 aromatic carbocycles. The number of aliphatic hydroxyl groups excluding tert-OH is 1. The first-order valence-electron chi connectivity index (χ1n) is 6.18. The fraction of sp³-hybridized carbons (Fsp3) is 0.538. The van der Waals surface area contributed by atoms with Gasteiger partial charge in [-0.2, -0.15) is 0 Å². The Balaban J connectivity index is 1.82. The highest BCUT2D eigenvalue weighted by Crippen LogP contribution is 2.11. The molecule has 0 amide bonds.